The average molecular weight is 1100 g/mol. The summed E-state index contributed by atoms with van der Waals surface area (Å²) in [6, 6.07) is 0.554. The van der Waals surface area contributed by atoms with Gasteiger partial charge in [0.1, 0.15) is 11.8 Å². The van der Waals surface area contributed by atoms with E-state index in [-0.39, 0.29) is 5.78 Å². The highest BCUT2D eigenvalue weighted by Crippen LogP contribution is 2.41. The van der Waals surface area contributed by atoms with Crippen molar-refractivity contribution in [2.45, 2.75) is 75.7 Å². The van der Waals surface area contributed by atoms with Crippen LogP contribution in [-0.4, -0.2) is 16.9 Å². The molecule has 0 unspecified atom stereocenters. The van der Waals surface area contributed by atoms with Crippen LogP contribution < -0.4 is 26.4 Å². The zero-order valence-electron chi connectivity index (χ0n) is 37.1. The molecule has 0 atom stereocenters. The molecule has 28 heteroatoms. The van der Waals surface area contributed by atoms with E-state index < -0.39 is 195 Å². The maximum Gasteiger partial charge on any atom is 0.416 e. The van der Waals surface area contributed by atoms with Gasteiger partial charge in [-0.25, -0.2) is 4.98 Å². The molecule has 0 saturated heterocycles. The number of benzene rings is 5. The fourth-order valence-electron chi connectivity index (χ4n) is 7.92. The summed E-state index contributed by atoms with van der Waals surface area (Å²) in [7, 11) is 0. The molecule has 0 fully saturated rings. The summed E-state index contributed by atoms with van der Waals surface area (Å²) in [5.74, 6) is 0.120. The van der Waals surface area contributed by atoms with Crippen molar-refractivity contribution in [1.82, 2.24) is 4.98 Å². The van der Waals surface area contributed by atoms with Crippen molar-refractivity contribution in [3.05, 3.63) is 177 Å². The highest BCUT2D eigenvalue weighted by atomic mass is 19.4. The molecule has 75 heavy (non-hydrogen) atoms. The van der Waals surface area contributed by atoms with Crippen LogP contribution in [0, 0.1) is 0 Å². The Labute approximate surface area is 406 Å². The lowest BCUT2D eigenvalue weighted by Crippen LogP contribution is -2.75. The monoisotopic (exact) mass is 1100 g/mol. The third-order valence-corrected chi connectivity index (χ3v) is 11.2. The molecule has 0 bridgehead atoms. The SMILES string of the molecule is CCCc1c[n+](CC(=O)c2ccccc2)ccn1.FC(F)(F)c1cc([B-](c2cc(C(F)(F)F)cc(C(F)(F)F)c2)(c2cc(C(F)(F)F)cc(C(F)(F)F)c2)c2cc(C(F)(F)F)cc(C(F)(F)F)c2)cc(C(F)(F)F)c1. The van der Waals surface area contributed by atoms with E-state index in [4.69, 9.17) is 0 Å². The largest absolute Gasteiger partial charge is 0.416 e. The third kappa shape index (κ3) is 14.1. The molecule has 1 heterocycles. The quantitative estimate of drug-likeness (QED) is 0.0626. The predicted molar refractivity (Wildman–Crippen MR) is 219 cm³/mol. The van der Waals surface area contributed by atoms with Crippen LogP contribution in [-0.2, 0) is 62.4 Å². The minimum atomic E-state index is -6.13. The molecule has 0 aliphatic rings. The number of carbonyl (C=O) groups is 1. The molecule has 1 aromatic heterocycles. The number of hydrogen-bond acceptors (Lipinski definition) is 2. The van der Waals surface area contributed by atoms with Crippen LogP contribution in [0.1, 0.15) is 73.9 Å². The minimum Gasteiger partial charge on any atom is -0.287 e. The standard InChI is InChI=1S/C32H12BF24.C15H17N2O/c34-25(35,36)13-1-14(26(37,38)39)6-21(5-13)33(22-7-15(27(40,41)42)2-16(8-22)28(43,44)45,23-9-17(29(46,47)48)3-18(10-23)30(49,50)51)24-11-19(31(52,53)54)4-20(12-24)32(55,56)57;1-2-6-14-11-17(10-9-16-14)12-15(18)13-7-4-3-5-8-13/h1-12H;3-5,7-11H,2,6,12H2,1H3/q-1;+1. The number of Topliss-reactive ketones (excluding diaryl/α,β-unsaturated/α-hetero) is 1. The number of aromatic nitrogens is 2. The second kappa shape index (κ2) is 20.7. The van der Waals surface area contributed by atoms with Crippen molar-refractivity contribution in [2.24, 2.45) is 0 Å². The third-order valence-electron chi connectivity index (χ3n) is 11.2. The Morgan fingerprint density at radius 3 is 0.933 bits per heavy atom. The summed E-state index contributed by atoms with van der Waals surface area (Å²) in [6.45, 7) is 2.48. The van der Waals surface area contributed by atoms with E-state index in [1.807, 2.05) is 47.3 Å². The maximum atomic E-state index is 14.2. The lowest BCUT2D eigenvalue weighted by atomic mass is 9.12. The molecule has 0 spiro atoms. The molecule has 6 aromatic rings. The number of carbonyl (C=O) groups excluding carboxylic acids is 1. The van der Waals surface area contributed by atoms with Crippen LogP contribution in [0.5, 0.6) is 0 Å². The van der Waals surface area contributed by atoms with Gasteiger partial charge in [-0.3, -0.25) is 4.79 Å². The highest BCUT2D eigenvalue weighted by molar-refractivity contribution is 7.20. The zero-order valence-corrected chi connectivity index (χ0v) is 37.1. The summed E-state index contributed by atoms with van der Waals surface area (Å²) < 4.78 is 343. The first-order valence-corrected chi connectivity index (χ1v) is 20.8. The molecule has 0 amide bonds. The topological polar surface area (TPSA) is 33.8 Å². The van der Waals surface area contributed by atoms with Gasteiger partial charge in [-0.05, 0) is 30.7 Å². The van der Waals surface area contributed by atoms with Gasteiger partial charge in [0.2, 0.25) is 12.3 Å². The van der Waals surface area contributed by atoms with Gasteiger partial charge in [0, 0.05) is 5.56 Å². The molecule has 6 rings (SSSR count). The van der Waals surface area contributed by atoms with Gasteiger partial charge in [0.05, 0.1) is 50.7 Å². The average Bonchev–Trinajstić information content (AvgIpc) is 3.27. The first-order valence-electron chi connectivity index (χ1n) is 20.8. The van der Waals surface area contributed by atoms with Crippen LogP contribution in [0.3, 0.4) is 0 Å². The molecular weight excluding hydrogens is 1080 g/mol. The van der Waals surface area contributed by atoms with Crippen LogP contribution in [0.15, 0.2) is 122 Å². The number of alkyl halides is 24. The molecule has 3 nitrogen and oxygen atoms in total. The van der Waals surface area contributed by atoms with Gasteiger partial charge < -0.3 is 0 Å². The van der Waals surface area contributed by atoms with Crippen molar-refractivity contribution in [1.29, 1.82) is 0 Å². The van der Waals surface area contributed by atoms with Crippen molar-refractivity contribution in [2.75, 3.05) is 0 Å². The van der Waals surface area contributed by atoms with E-state index in [9.17, 15) is 110 Å². The van der Waals surface area contributed by atoms with Crippen LogP contribution >= 0.6 is 0 Å². The van der Waals surface area contributed by atoms with E-state index in [2.05, 4.69) is 11.9 Å². The zero-order chi connectivity index (χ0) is 56.7. The Kier molecular flexibility index (Phi) is 16.4. The molecule has 0 aliphatic heterocycles. The van der Waals surface area contributed by atoms with Gasteiger partial charge in [-0.1, -0.05) is 92.2 Å². The summed E-state index contributed by atoms with van der Waals surface area (Å²) in [5, 5.41) is 0. The van der Waals surface area contributed by atoms with Crippen molar-refractivity contribution < 1.29 is 115 Å². The lowest BCUT2D eigenvalue weighted by Gasteiger charge is -2.46. The lowest BCUT2D eigenvalue weighted by molar-refractivity contribution is -0.684. The fourth-order valence-corrected chi connectivity index (χ4v) is 7.92. The predicted octanol–water partition coefficient (Wildman–Crippen LogP) is 13.4. The van der Waals surface area contributed by atoms with Crippen LogP contribution in [0.25, 0.3) is 0 Å². The van der Waals surface area contributed by atoms with Gasteiger partial charge in [-0.2, -0.15) is 132 Å². The van der Waals surface area contributed by atoms with Gasteiger partial charge >= 0.3 is 49.4 Å². The van der Waals surface area contributed by atoms with E-state index in [1.165, 1.54) is 0 Å². The Balaban J connectivity index is 0.000000483. The second-order valence-corrected chi connectivity index (χ2v) is 16.5. The van der Waals surface area contributed by atoms with Crippen LogP contribution in [0.2, 0.25) is 0 Å². The van der Waals surface area contributed by atoms with Gasteiger partial charge in [0.25, 0.3) is 0 Å². The Bertz CT molecular complexity index is 2560. The van der Waals surface area contributed by atoms with Gasteiger partial charge in [0.15, 0.2) is 12.4 Å². The van der Waals surface area contributed by atoms with E-state index in [0.29, 0.717) is 6.54 Å². The normalized spacial score (nSPS) is 13.3. The Morgan fingerprint density at radius 1 is 0.427 bits per heavy atom. The second-order valence-electron chi connectivity index (χ2n) is 16.5. The number of hydrogen-bond donors (Lipinski definition) is 0. The summed E-state index contributed by atoms with van der Waals surface area (Å²) in [6.07, 6.45) is -47.3. The maximum absolute atomic E-state index is 14.2. The first kappa shape index (κ1) is 59.1. The Hall–Kier alpha value is -6.77. The molecule has 0 radical (unpaired) electrons. The smallest absolute Gasteiger partial charge is 0.287 e. The molecular formula is C47H29BF24N2O. The van der Waals surface area contributed by atoms with Crippen molar-refractivity contribution >= 4 is 33.8 Å². The number of nitrogens with zero attached hydrogens (tertiary/aromatic N) is 2. The first-order chi connectivity index (χ1) is 34.1. The molecule has 0 N–H and O–H groups in total. The van der Waals surface area contributed by atoms with E-state index >= 15 is 0 Å². The van der Waals surface area contributed by atoms with Crippen LogP contribution in [0.4, 0.5) is 105 Å². The molecule has 5 aromatic carbocycles. The number of aryl methyl sites for hydroxylation is 1. The molecule has 404 valence electrons. The van der Waals surface area contributed by atoms with E-state index in [0.717, 1.165) is 24.1 Å². The van der Waals surface area contributed by atoms with Crippen molar-refractivity contribution in [3.63, 3.8) is 0 Å². The summed E-state index contributed by atoms with van der Waals surface area (Å²) in [4.78, 5) is 16.3. The van der Waals surface area contributed by atoms with Gasteiger partial charge in [-0.15, -0.1) is 0 Å². The Morgan fingerprint density at radius 2 is 0.693 bits per heavy atom. The minimum absolute atomic E-state index is 0.120. The highest BCUT2D eigenvalue weighted by Gasteiger charge is 2.47. The number of halogens is 24. The fraction of sp³-hybridized carbons (Fsp3) is 0.255. The number of ketones is 1. The summed E-state index contributed by atoms with van der Waals surface area (Å²) in [5.41, 5.74) is -28.4. The number of rotatable bonds is 9. The summed E-state index contributed by atoms with van der Waals surface area (Å²) >= 11 is 0. The molecule has 0 aliphatic carbocycles. The van der Waals surface area contributed by atoms with E-state index in [1.54, 1.807) is 6.20 Å². The molecule has 0 saturated carbocycles. The van der Waals surface area contributed by atoms with Crippen molar-refractivity contribution in [3.8, 4) is 0 Å².